The number of aryl methyl sites for hydroxylation is 2. The van der Waals surface area contributed by atoms with Gasteiger partial charge in [0.1, 0.15) is 0 Å². The van der Waals surface area contributed by atoms with Crippen molar-refractivity contribution >= 4 is 49.7 Å². The molecule has 104 valence electrons. The standard InChI is InChI=1S/2C7H7O2P.Mg/c2*1-6-4-2-3-5-7(6)10(8)9;/h2*2-5H,1H3;/q;;+2. The topological polar surface area (TPSA) is 80.3 Å². The Morgan fingerprint density at radius 3 is 1.19 bits per heavy atom. The predicted octanol–water partition coefficient (Wildman–Crippen LogP) is 1.07. The van der Waals surface area contributed by atoms with Gasteiger partial charge >= 0.3 is 39.1 Å². The summed E-state index contributed by atoms with van der Waals surface area (Å²) in [4.78, 5) is 20.9. The average molecular weight is 333 g/mol. The van der Waals surface area contributed by atoms with Gasteiger partial charge in [-0.15, -0.1) is 0 Å². The average Bonchev–Trinajstić information content (AvgIpc) is 2.40. The molecule has 0 aromatic heterocycles. The molecule has 0 bridgehead atoms. The maximum absolute atomic E-state index is 10.5. The first-order chi connectivity index (χ1) is 9.43. The normalized spacial score (nSPS) is 10.7. The quantitative estimate of drug-likeness (QED) is 0.608. The molecule has 0 spiro atoms. The van der Waals surface area contributed by atoms with Crippen LogP contribution in [0.25, 0.3) is 0 Å². The molecule has 0 aliphatic rings. The minimum absolute atomic E-state index is 0. The van der Waals surface area contributed by atoms with Crippen LogP contribution in [0, 0.1) is 13.8 Å². The van der Waals surface area contributed by atoms with E-state index in [4.69, 9.17) is 0 Å². The van der Waals surface area contributed by atoms with E-state index in [1.807, 2.05) is 12.1 Å². The summed E-state index contributed by atoms with van der Waals surface area (Å²) in [6, 6.07) is 13.8. The Labute approximate surface area is 142 Å². The molecule has 4 nitrogen and oxygen atoms in total. The first kappa shape index (κ1) is 20.3. The van der Waals surface area contributed by atoms with Gasteiger partial charge < -0.3 is 9.79 Å². The Kier molecular flexibility index (Phi) is 9.79. The molecule has 2 aromatic carbocycles. The molecule has 0 amide bonds. The van der Waals surface area contributed by atoms with Gasteiger partial charge in [0.2, 0.25) is 0 Å². The van der Waals surface area contributed by atoms with Crippen LogP contribution in [0.2, 0.25) is 0 Å². The first-order valence-corrected chi connectivity index (χ1v) is 8.19. The van der Waals surface area contributed by atoms with E-state index in [2.05, 4.69) is 0 Å². The van der Waals surface area contributed by atoms with E-state index < -0.39 is 16.1 Å². The summed E-state index contributed by atoms with van der Waals surface area (Å²) in [6.07, 6.45) is 0. The second-order valence-electron chi connectivity index (χ2n) is 4.09. The third kappa shape index (κ3) is 6.75. The van der Waals surface area contributed by atoms with Gasteiger partial charge in [0.15, 0.2) is 10.6 Å². The summed E-state index contributed by atoms with van der Waals surface area (Å²) < 4.78 is 20.9. The molecule has 2 atom stereocenters. The summed E-state index contributed by atoms with van der Waals surface area (Å²) in [5.74, 6) is 0. The molecule has 0 aliphatic heterocycles. The fraction of sp³-hybridized carbons (Fsp3) is 0.143. The van der Waals surface area contributed by atoms with Crippen molar-refractivity contribution in [2.75, 3.05) is 0 Å². The fourth-order valence-electron chi connectivity index (χ4n) is 1.54. The van der Waals surface area contributed by atoms with Gasteiger partial charge in [-0.3, -0.25) is 0 Å². The van der Waals surface area contributed by atoms with Crippen molar-refractivity contribution in [1.82, 2.24) is 0 Å². The SMILES string of the molecule is Cc1ccccc1[P+](=O)[O-].Cc1ccccc1[P+](=O)[O-].[Mg+2]. The third-order valence-corrected chi connectivity index (χ3v) is 4.41. The Morgan fingerprint density at radius 2 is 1.00 bits per heavy atom. The van der Waals surface area contributed by atoms with Gasteiger partial charge in [-0.2, -0.15) is 0 Å². The van der Waals surface area contributed by atoms with Crippen LogP contribution >= 0.6 is 16.1 Å². The second kappa shape index (κ2) is 10.1. The van der Waals surface area contributed by atoms with Crippen LogP contribution in [0.5, 0.6) is 0 Å². The van der Waals surface area contributed by atoms with E-state index in [1.165, 1.54) is 0 Å². The van der Waals surface area contributed by atoms with Crippen LogP contribution in [0.15, 0.2) is 48.5 Å². The number of benzene rings is 2. The van der Waals surface area contributed by atoms with Crippen molar-refractivity contribution in [2.24, 2.45) is 0 Å². The third-order valence-electron chi connectivity index (χ3n) is 2.62. The van der Waals surface area contributed by atoms with Crippen molar-refractivity contribution in [3.8, 4) is 0 Å². The van der Waals surface area contributed by atoms with Crippen molar-refractivity contribution in [1.29, 1.82) is 0 Å². The van der Waals surface area contributed by atoms with E-state index in [0.29, 0.717) is 10.6 Å². The molecule has 7 heteroatoms. The number of hydrogen-bond donors (Lipinski definition) is 0. The summed E-state index contributed by atoms with van der Waals surface area (Å²) in [5.41, 5.74) is 1.61. The van der Waals surface area contributed by atoms with Crippen molar-refractivity contribution in [2.45, 2.75) is 13.8 Å². The largest absolute Gasteiger partial charge is 2.00 e. The molecule has 0 saturated carbocycles. The van der Waals surface area contributed by atoms with Crippen LogP contribution in [0.3, 0.4) is 0 Å². The van der Waals surface area contributed by atoms with Gasteiger partial charge in [0.25, 0.3) is 0 Å². The molecule has 2 rings (SSSR count). The molecular weight excluding hydrogens is 318 g/mol. The van der Waals surface area contributed by atoms with E-state index in [1.54, 1.807) is 50.2 Å². The van der Waals surface area contributed by atoms with Gasteiger partial charge in [-0.05, 0) is 26.0 Å². The minimum atomic E-state index is -2.42. The molecule has 0 saturated heterocycles. The zero-order valence-electron chi connectivity index (χ0n) is 11.9. The van der Waals surface area contributed by atoms with Crippen molar-refractivity contribution in [3.63, 3.8) is 0 Å². The minimum Gasteiger partial charge on any atom is -0.591 e. The summed E-state index contributed by atoms with van der Waals surface area (Å²) in [7, 11) is -4.83. The Balaban J connectivity index is 0.000000364. The Morgan fingerprint density at radius 1 is 0.714 bits per heavy atom. The van der Waals surface area contributed by atoms with E-state index >= 15 is 0 Å². The molecule has 0 radical (unpaired) electrons. The van der Waals surface area contributed by atoms with Crippen molar-refractivity contribution in [3.05, 3.63) is 59.7 Å². The van der Waals surface area contributed by atoms with Crippen LogP contribution in [-0.2, 0) is 9.13 Å². The molecule has 0 aliphatic carbocycles. The predicted molar refractivity (Wildman–Crippen MR) is 82.6 cm³/mol. The summed E-state index contributed by atoms with van der Waals surface area (Å²) in [6.45, 7) is 3.56. The van der Waals surface area contributed by atoms with Gasteiger partial charge in [0.05, 0.1) is 0 Å². The molecule has 2 unspecified atom stereocenters. The molecule has 0 heterocycles. The second-order valence-corrected chi connectivity index (χ2v) is 6.08. The van der Waals surface area contributed by atoms with Crippen LogP contribution in [-0.4, -0.2) is 23.1 Å². The van der Waals surface area contributed by atoms with Gasteiger partial charge in [-0.25, -0.2) is 0 Å². The summed E-state index contributed by atoms with van der Waals surface area (Å²) >= 11 is 0. The van der Waals surface area contributed by atoms with E-state index in [0.717, 1.165) is 11.1 Å². The number of hydrogen-bond acceptors (Lipinski definition) is 4. The number of rotatable bonds is 2. The van der Waals surface area contributed by atoms with E-state index in [-0.39, 0.29) is 23.1 Å². The Bertz CT molecular complexity index is 576. The fourth-order valence-corrected chi connectivity index (χ4v) is 2.68. The van der Waals surface area contributed by atoms with Crippen LogP contribution in [0.1, 0.15) is 11.1 Å². The molecule has 0 fully saturated rings. The molecular formula is C14H14MgO4P2+2. The monoisotopic (exact) mass is 332 g/mol. The van der Waals surface area contributed by atoms with Gasteiger partial charge in [-0.1, -0.05) is 45.5 Å². The molecule has 0 N–H and O–H groups in total. The maximum Gasteiger partial charge on any atom is 2.00 e. The molecule has 21 heavy (non-hydrogen) atoms. The smallest absolute Gasteiger partial charge is 0.591 e. The van der Waals surface area contributed by atoms with Crippen LogP contribution < -0.4 is 20.4 Å². The van der Waals surface area contributed by atoms with Crippen LogP contribution in [0.4, 0.5) is 0 Å². The van der Waals surface area contributed by atoms with E-state index in [9.17, 15) is 18.9 Å². The summed E-state index contributed by atoms with van der Waals surface area (Å²) in [5, 5.41) is 0.829. The zero-order valence-corrected chi connectivity index (χ0v) is 15.1. The van der Waals surface area contributed by atoms with Crippen molar-refractivity contribution < 1.29 is 18.9 Å². The maximum atomic E-state index is 10.5. The first-order valence-electron chi connectivity index (χ1n) is 5.83. The van der Waals surface area contributed by atoms with Gasteiger partial charge in [0, 0.05) is 11.1 Å². The molecule has 2 aromatic rings. The Hall–Kier alpha value is -0.674. The zero-order chi connectivity index (χ0) is 15.1.